The van der Waals surface area contributed by atoms with Crippen molar-refractivity contribution >= 4 is 0 Å². The Hall–Kier alpha value is -0.0800. The minimum Gasteiger partial charge on any atom is -0.306 e. The van der Waals surface area contributed by atoms with E-state index in [1.54, 1.807) is 0 Å². The average molecular weight is 293 g/mol. The maximum absolute atomic E-state index is 2.74. The zero-order chi connectivity index (χ0) is 14.7. The summed E-state index contributed by atoms with van der Waals surface area (Å²) in [7, 11) is 2.29. The molecule has 0 aromatic heterocycles. The lowest BCUT2D eigenvalue weighted by atomic mass is 9.65. The fourth-order valence-corrected chi connectivity index (χ4v) is 4.82. The second-order valence-corrected chi connectivity index (χ2v) is 8.56. The molecule has 0 radical (unpaired) electrons. The lowest BCUT2D eigenvalue weighted by Gasteiger charge is -2.45. The number of likely N-dealkylation sites (tertiary alicyclic amines) is 2. The van der Waals surface area contributed by atoms with Crippen molar-refractivity contribution < 1.29 is 0 Å². The highest BCUT2D eigenvalue weighted by molar-refractivity contribution is 4.90. The van der Waals surface area contributed by atoms with Crippen molar-refractivity contribution in [2.75, 3.05) is 39.8 Å². The van der Waals surface area contributed by atoms with Crippen molar-refractivity contribution in [2.24, 2.45) is 17.3 Å². The lowest BCUT2D eigenvalue weighted by Crippen LogP contribution is -2.40. The normalized spacial score (nSPS) is 30.0. The maximum Gasteiger partial charge on any atom is -0.00161 e. The van der Waals surface area contributed by atoms with E-state index in [9.17, 15) is 0 Å². The zero-order valence-corrected chi connectivity index (χ0v) is 14.4. The third kappa shape index (κ3) is 4.22. The van der Waals surface area contributed by atoms with E-state index in [1.807, 2.05) is 0 Å². The molecule has 1 aliphatic carbocycles. The quantitative estimate of drug-likeness (QED) is 0.775. The average Bonchev–Trinajstić information content (AvgIpc) is 2.52. The van der Waals surface area contributed by atoms with Crippen LogP contribution in [0.15, 0.2) is 0 Å². The van der Waals surface area contributed by atoms with Gasteiger partial charge >= 0.3 is 0 Å². The van der Waals surface area contributed by atoms with Crippen LogP contribution in [0.4, 0.5) is 0 Å². The van der Waals surface area contributed by atoms with Crippen molar-refractivity contribution in [3.05, 3.63) is 0 Å². The van der Waals surface area contributed by atoms with Gasteiger partial charge < -0.3 is 9.80 Å². The molecule has 2 aliphatic heterocycles. The minimum absolute atomic E-state index is 0.754. The maximum atomic E-state index is 2.74. The third-order valence-electron chi connectivity index (χ3n) is 6.94. The molecule has 3 aliphatic rings. The molecule has 0 amide bonds. The van der Waals surface area contributed by atoms with Crippen molar-refractivity contribution in [1.82, 2.24) is 9.80 Å². The number of rotatable bonds is 3. The first kappa shape index (κ1) is 15.8. The summed E-state index contributed by atoms with van der Waals surface area (Å²) in [5.74, 6) is 2.01. The van der Waals surface area contributed by atoms with Gasteiger partial charge in [-0.2, -0.15) is 0 Å². The molecule has 0 bridgehead atoms. The molecule has 0 unspecified atom stereocenters. The number of nitrogens with zero attached hydrogens (tertiary/aromatic N) is 2. The molecule has 2 heteroatoms. The molecule has 122 valence electrons. The Morgan fingerprint density at radius 2 is 1.48 bits per heavy atom. The van der Waals surface area contributed by atoms with Crippen LogP contribution in [-0.4, -0.2) is 49.6 Å². The Bertz CT molecular complexity index is 299. The van der Waals surface area contributed by atoms with Crippen LogP contribution in [0.5, 0.6) is 0 Å². The van der Waals surface area contributed by atoms with E-state index < -0.39 is 0 Å². The fourth-order valence-electron chi connectivity index (χ4n) is 4.82. The second kappa shape index (κ2) is 7.00. The van der Waals surface area contributed by atoms with E-state index in [-0.39, 0.29) is 0 Å². The summed E-state index contributed by atoms with van der Waals surface area (Å²) in [5, 5.41) is 0. The zero-order valence-electron chi connectivity index (χ0n) is 14.4. The highest BCUT2D eigenvalue weighted by Crippen LogP contribution is 2.46. The van der Waals surface area contributed by atoms with Gasteiger partial charge in [-0.25, -0.2) is 0 Å². The van der Waals surface area contributed by atoms with Crippen molar-refractivity contribution in [1.29, 1.82) is 0 Å². The van der Waals surface area contributed by atoms with Crippen LogP contribution in [0.3, 0.4) is 0 Å². The van der Waals surface area contributed by atoms with E-state index in [0.717, 1.165) is 17.3 Å². The molecule has 2 heterocycles. The highest BCUT2D eigenvalue weighted by Gasteiger charge is 2.37. The predicted molar refractivity (Wildman–Crippen MR) is 90.6 cm³/mol. The summed E-state index contributed by atoms with van der Waals surface area (Å²) in [6.07, 6.45) is 13.4. The Balaban J connectivity index is 1.36. The molecule has 1 spiro atoms. The largest absolute Gasteiger partial charge is 0.306 e. The summed E-state index contributed by atoms with van der Waals surface area (Å²) in [5.41, 5.74) is 0.754. The van der Waals surface area contributed by atoms with Crippen molar-refractivity contribution in [2.45, 2.75) is 64.7 Å². The molecule has 0 atom stereocenters. The third-order valence-corrected chi connectivity index (χ3v) is 6.94. The van der Waals surface area contributed by atoms with E-state index in [0.29, 0.717) is 0 Å². The number of piperidine rings is 2. The first-order valence-electron chi connectivity index (χ1n) is 9.56. The SMILES string of the molecule is CC1CCN(CCC2CCC3(CC2)CCN(C)CC3)CC1. The molecule has 0 N–H and O–H groups in total. The van der Waals surface area contributed by atoms with Gasteiger partial charge in [0.2, 0.25) is 0 Å². The van der Waals surface area contributed by atoms with E-state index in [4.69, 9.17) is 0 Å². The molecular formula is C19H36N2. The van der Waals surface area contributed by atoms with Crippen LogP contribution in [0.1, 0.15) is 64.7 Å². The van der Waals surface area contributed by atoms with Crippen molar-refractivity contribution in [3.63, 3.8) is 0 Å². The monoisotopic (exact) mass is 292 g/mol. The molecule has 3 fully saturated rings. The molecule has 2 nitrogen and oxygen atoms in total. The van der Waals surface area contributed by atoms with Crippen LogP contribution in [0.25, 0.3) is 0 Å². The van der Waals surface area contributed by atoms with Crippen LogP contribution in [0, 0.1) is 17.3 Å². The first-order chi connectivity index (χ1) is 10.2. The smallest absolute Gasteiger partial charge is 0.00161 e. The number of hydrogen-bond donors (Lipinski definition) is 0. The van der Waals surface area contributed by atoms with Gasteiger partial charge in [-0.05, 0) is 115 Å². The molecule has 3 rings (SSSR count). The fraction of sp³-hybridized carbons (Fsp3) is 1.00. The summed E-state index contributed by atoms with van der Waals surface area (Å²) >= 11 is 0. The molecule has 2 saturated heterocycles. The van der Waals surface area contributed by atoms with Gasteiger partial charge in [0, 0.05) is 0 Å². The van der Waals surface area contributed by atoms with Gasteiger partial charge in [-0.1, -0.05) is 6.92 Å². The van der Waals surface area contributed by atoms with E-state index >= 15 is 0 Å². The second-order valence-electron chi connectivity index (χ2n) is 8.56. The summed E-state index contributed by atoms with van der Waals surface area (Å²) in [6.45, 7) is 9.22. The molecule has 0 aromatic carbocycles. The van der Waals surface area contributed by atoms with Gasteiger partial charge in [0.05, 0.1) is 0 Å². The van der Waals surface area contributed by atoms with E-state index in [2.05, 4.69) is 23.8 Å². The van der Waals surface area contributed by atoms with Gasteiger partial charge in [-0.3, -0.25) is 0 Å². The Morgan fingerprint density at radius 1 is 0.857 bits per heavy atom. The van der Waals surface area contributed by atoms with Crippen LogP contribution >= 0.6 is 0 Å². The Kier molecular flexibility index (Phi) is 5.27. The van der Waals surface area contributed by atoms with Gasteiger partial charge in [0.25, 0.3) is 0 Å². The molecule has 0 aromatic rings. The topological polar surface area (TPSA) is 6.48 Å². The van der Waals surface area contributed by atoms with Gasteiger partial charge in [-0.15, -0.1) is 0 Å². The summed E-state index contributed by atoms with van der Waals surface area (Å²) in [4.78, 5) is 5.26. The molecular weight excluding hydrogens is 256 g/mol. The van der Waals surface area contributed by atoms with Gasteiger partial charge in [0.15, 0.2) is 0 Å². The van der Waals surface area contributed by atoms with Crippen LogP contribution in [0.2, 0.25) is 0 Å². The predicted octanol–water partition coefficient (Wildman–Crippen LogP) is 4.01. The lowest BCUT2D eigenvalue weighted by molar-refractivity contribution is 0.0574. The minimum atomic E-state index is 0.754. The Morgan fingerprint density at radius 3 is 2.10 bits per heavy atom. The van der Waals surface area contributed by atoms with Crippen LogP contribution in [-0.2, 0) is 0 Å². The molecule has 21 heavy (non-hydrogen) atoms. The van der Waals surface area contributed by atoms with Crippen LogP contribution < -0.4 is 0 Å². The standard InChI is InChI=1S/C19H36N2/c1-17-5-12-21(13-6-17)14-7-18-3-8-19(9-4-18)10-15-20(2)16-11-19/h17-18H,3-16H2,1-2H3. The van der Waals surface area contributed by atoms with Gasteiger partial charge in [0.1, 0.15) is 0 Å². The Labute approximate surface area is 132 Å². The van der Waals surface area contributed by atoms with E-state index in [1.165, 1.54) is 90.5 Å². The van der Waals surface area contributed by atoms with Crippen molar-refractivity contribution in [3.8, 4) is 0 Å². The summed E-state index contributed by atoms with van der Waals surface area (Å²) < 4.78 is 0. The summed E-state index contributed by atoms with van der Waals surface area (Å²) in [6, 6.07) is 0. The number of hydrogen-bond acceptors (Lipinski definition) is 2. The highest BCUT2D eigenvalue weighted by atomic mass is 15.1. The first-order valence-corrected chi connectivity index (χ1v) is 9.56. The molecule has 1 saturated carbocycles.